The standard InChI is InChI=1S/C23H25FN2O5/c1-25(2)11-12-26-20(14-5-8-16(30-3)9-6-14)19(22(28)23(26)29)21(27)15-7-10-18(31-4)17(24)13-15/h5-10,13,20,27H,11-12H2,1-4H3/t20-/m0/s1. The molecule has 0 bridgehead atoms. The van der Waals surface area contributed by atoms with Crippen molar-refractivity contribution in [2.45, 2.75) is 6.04 Å². The highest BCUT2D eigenvalue weighted by atomic mass is 19.1. The van der Waals surface area contributed by atoms with Gasteiger partial charge in [-0.1, -0.05) is 12.1 Å². The van der Waals surface area contributed by atoms with Crippen molar-refractivity contribution in [3.05, 3.63) is 65.0 Å². The smallest absolute Gasteiger partial charge is 0.295 e. The lowest BCUT2D eigenvalue weighted by Gasteiger charge is -2.26. The molecule has 2 aromatic rings. The summed E-state index contributed by atoms with van der Waals surface area (Å²) in [7, 11) is 6.59. The summed E-state index contributed by atoms with van der Waals surface area (Å²) in [5.41, 5.74) is 0.634. The molecule has 1 saturated heterocycles. The number of methoxy groups -OCH3 is 2. The number of ether oxygens (including phenoxy) is 2. The Kier molecular flexibility index (Phi) is 6.60. The highest BCUT2D eigenvalue weighted by molar-refractivity contribution is 6.46. The first-order valence-electron chi connectivity index (χ1n) is 9.69. The van der Waals surface area contributed by atoms with Crippen LogP contribution < -0.4 is 9.47 Å². The number of hydrogen-bond donors (Lipinski definition) is 1. The summed E-state index contributed by atoms with van der Waals surface area (Å²) in [5.74, 6) is -2.02. The van der Waals surface area contributed by atoms with Crippen LogP contribution in [0.25, 0.3) is 5.76 Å². The number of nitrogens with zero attached hydrogens (tertiary/aromatic N) is 2. The minimum atomic E-state index is -0.812. The second-order valence-corrected chi connectivity index (χ2v) is 7.42. The van der Waals surface area contributed by atoms with Crippen molar-refractivity contribution in [1.29, 1.82) is 0 Å². The second kappa shape index (κ2) is 9.18. The topological polar surface area (TPSA) is 79.3 Å². The van der Waals surface area contributed by atoms with Gasteiger partial charge < -0.3 is 24.4 Å². The van der Waals surface area contributed by atoms with Crippen molar-refractivity contribution in [2.75, 3.05) is 41.4 Å². The molecular weight excluding hydrogens is 403 g/mol. The minimum absolute atomic E-state index is 0.00897. The molecule has 31 heavy (non-hydrogen) atoms. The number of aliphatic hydroxyl groups excluding tert-OH is 1. The molecule has 1 fully saturated rings. The number of carbonyl (C=O) groups is 2. The SMILES string of the molecule is COc1ccc([C@H]2C(=C(O)c3ccc(OC)c(F)c3)C(=O)C(=O)N2CCN(C)C)cc1. The monoisotopic (exact) mass is 428 g/mol. The van der Waals surface area contributed by atoms with Crippen LogP contribution in [0.1, 0.15) is 17.2 Å². The predicted molar refractivity (Wildman–Crippen MR) is 114 cm³/mol. The Morgan fingerprint density at radius 2 is 1.77 bits per heavy atom. The van der Waals surface area contributed by atoms with Crippen LogP contribution >= 0.6 is 0 Å². The Labute approximate surface area is 180 Å². The molecule has 3 rings (SSSR count). The van der Waals surface area contributed by atoms with E-state index >= 15 is 0 Å². The first kappa shape index (κ1) is 22.3. The van der Waals surface area contributed by atoms with Crippen molar-refractivity contribution in [2.24, 2.45) is 0 Å². The highest BCUT2D eigenvalue weighted by Crippen LogP contribution is 2.40. The van der Waals surface area contributed by atoms with Gasteiger partial charge in [0.25, 0.3) is 11.7 Å². The third-order valence-corrected chi connectivity index (χ3v) is 5.18. The Morgan fingerprint density at radius 1 is 1.10 bits per heavy atom. The third-order valence-electron chi connectivity index (χ3n) is 5.18. The number of ketones is 1. The van der Waals surface area contributed by atoms with E-state index in [2.05, 4.69) is 0 Å². The van der Waals surface area contributed by atoms with Crippen LogP contribution in [0, 0.1) is 5.82 Å². The van der Waals surface area contributed by atoms with Crippen molar-refractivity contribution in [3.63, 3.8) is 0 Å². The highest BCUT2D eigenvalue weighted by Gasteiger charge is 2.45. The molecule has 1 aliphatic heterocycles. The number of carbonyl (C=O) groups excluding carboxylic acids is 2. The normalized spacial score (nSPS) is 18.0. The summed E-state index contributed by atoms with van der Waals surface area (Å²) in [4.78, 5) is 29.1. The van der Waals surface area contributed by atoms with Crippen LogP contribution in [-0.4, -0.2) is 68.0 Å². The molecular formula is C23H25FN2O5. The van der Waals surface area contributed by atoms with Crippen LogP contribution in [0.15, 0.2) is 48.0 Å². The lowest BCUT2D eigenvalue weighted by atomic mass is 9.95. The van der Waals surface area contributed by atoms with Crippen molar-refractivity contribution >= 4 is 17.4 Å². The molecule has 7 nitrogen and oxygen atoms in total. The Bertz CT molecular complexity index is 1020. The maximum atomic E-state index is 14.2. The molecule has 1 atom stereocenters. The number of likely N-dealkylation sites (N-methyl/N-ethyl adjacent to an activating group) is 1. The van der Waals surface area contributed by atoms with E-state index in [0.717, 1.165) is 6.07 Å². The van der Waals surface area contributed by atoms with E-state index in [0.29, 0.717) is 17.9 Å². The lowest BCUT2D eigenvalue weighted by molar-refractivity contribution is -0.140. The van der Waals surface area contributed by atoms with Gasteiger partial charge in [0, 0.05) is 18.7 Å². The Balaban J connectivity index is 2.14. The zero-order valence-corrected chi connectivity index (χ0v) is 17.9. The average Bonchev–Trinajstić information content (AvgIpc) is 3.01. The quantitative estimate of drug-likeness (QED) is 0.415. The summed E-state index contributed by atoms with van der Waals surface area (Å²) < 4.78 is 24.3. The number of hydrogen-bond acceptors (Lipinski definition) is 6. The molecule has 1 heterocycles. The van der Waals surface area contributed by atoms with Gasteiger partial charge >= 0.3 is 0 Å². The molecule has 1 amide bonds. The third kappa shape index (κ3) is 4.39. The fourth-order valence-electron chi connectivity index (χ4n) is 3.52. The van der Waals surface area contributed by atoms with Gasteiger partial charge in [-0.3, -0.25) is 9.59 Å². The average molecular weight is 428 g/mol. The molecule has 164 valence electrons. The zero-order chi connectivity index (χ0) is 22.7. The van der Waals surface area contributed by atoms with Gasteiger partial charge in [-0.2, -0.15) is 0 Å². The number of Topliss-reactive ketones (excluding diaryl/α,β-unsaturated/α-hetero) is 1. The van der Waals surface area contributed by atoms with Crippen molar-refractivity contribution in [3.8, 4) is 11.5 Å². The summed E-state index contributed by atoms with van der Waals surface area (Å²) >= 11 is 0. The van der Waals surface area contributed by atoms with E-state index in [1.807, 2.05) is 19.0 Å². The van der Waals surface area contributed by atoms with E-state index in [1.54, 1.807) is 24.3 Å². The van der Waals surface area contributed by atoms with Gasteiger partial charge in [-0.15, -0.1) is 0 Å². The molecule has 2 aromatic carbocycles. The van der Waals surface area contributed by atoms with Crippen LogP contribution in [0.3, 0.4) is 0 Å². The maximum absolute atomic E-state index is 14.2. The van der Waals surface area contributed by atoms with E-state index in [4.69, 9.17) is 9.47 Å². The van der Waals surface area contributed by atoms with E-state index < -0.39 is 29.3 Å². The Morgan fingerprint density at radius 3 is 2.32 bits per heavy atom. The molecule has 1 N–H and O–H groups in total. The van der Waals surface area contributed by atoms with Crippen LogP contribution in [0.5, 0.6) is 11.5 Å². The predicted octanol–water partition coefficient (Wildman–Crippen LogP) is 2.83. The summed E-state index contributed by atoms with van der Waals surface area (Å²) in [6.45, 7) is 0.804. The maximum Gasteiger partial charge on any atom is 0.295 e. The second-order valence-electron chi connectivity index (χ2n) is 7.42. The van der Waals surface area contributed by atoms with E-state index in [9.17, 15) is 19.1 Å². The Hall–Kier alpha value is -3.39. The number of rotatable bonds is 7. The molecule has 0 saturated carbocycles. The van der Waals surface area contributed by atoms with Gasteiger partial charge in [0.15, 0.2) is 11.6 Å². The first-order valence-corrected chi connectivity index (χ1v) is 9.69. The van der Waals surface area contributed by atoms with E-state index in [-0.39, 0.29) is 23.4 Å². The van der Waals surface area contributed by atoms with Crippen molar-refractivity contribution in [1.82, 2.24) is 9.80 Å². The van der Waals surface area contributed by atoms with Gasteiger partial charge in [-0.25, -0.2) is 4.39 Å². The number of halogens is 1. The number of aliphatic hydroxyl groups is 1. The number of amides is 1. The molecule has 0 spiro atoms. The summed E-state index contributed by atoms with van der Waals surface area (Å²) in [6.07, 6.45) is 0. The van der Waals surface area contributed by atoms with Crippen LogP contribution in [0.2, 0.25) is 0 Å². The largest absolute Gasteiger partial charge is 0.507 e. The molecule has 0 aromatic heterocycles. The summed E-state index contributed by atoms with van der Waals surface area (Å²) in [6, 6.07) is 9.97. The molecule has 8 heteroatoms. The first-order chi connectivity index (χ1) is 14.8. The van der Waals surface area contributed by atoms with Gasteiger partial charge in [0.05, 0.1) is 25.8 Å². The molecule has 0 radical (unpaired) electrons. The van der Waals surface area contributed by atoms with Gasteiger partial charge in [0.1, 0.15) is 11.5 Å². The zero-order valence-electron chi connectivity index (χ0n) is 17.9. The number of likely N-dealkylation sites (tertiary alicyclic amines) is 1. The molecule has 0 aliphatic carbocycles. The van der Waals surface area contributed by atoms with Gasteiger partial charge in [0.2, 0.25) is 0 Å². The summed E-state index contributed by atoms with van der Waals surface area (Å²) in [5, 5.41) is 11.0. The van der Waals surface area contributed by atoms with Crippen molar-refractivity contribution < 1.29 is 28.6 Å². The lowest BCUT2D eigenvalue weighted by Crippen LogP contribution is -2.35. The van der Waals surface area contributed by atoms with Gasteiger partial charge in [-0.05, 0) is 50.0 Å². The number of benzene rings is 2. The van der Waals surface area contributed by atoms with E-state index in [1.165, 1.54) is 31.3 Å². The fourth-order valence-corrected chi connectivity index (χ4v) is 3.52. The molecule has 1 aliphatic rings. The molecule has 0 unspecified atom stereocenters. The fraction of sp³-hybridized carbons (Fsp3) is 0.304. The van der Waals surface area contributed by atoms with Crippen LogP contribution in [0.4, 0.5) is 4.39 Å². The van der Waals surface area contributed by atoms with Crippen LogP contribution in [-0.2, 0) is 9.59 Å². The minimum Gasteiger partial charge on any atom is -0.507 e.